The molecule has 0 radical (unpaired) electrons. The lowest BCUT2D eigenvalue weighted by Crippen LogP contribution is -2.43. The Hall–Kier alpha value is -2.22. The van der Waals surface area contributed by atoms with Crippen LogP contribution in [0.3, 0.4) is 0 Å². The van der Waals surface area contributed by atoms with Crippen molar-refractivity contribution in [2.45, 2.75) is 19.4 Å². The van der Waals surface area contributed by atoms with Crippen LogP contribution in [0.15, 0.2) is 12.1 Å². The van der Waals surface area contributed by atoms with Crippen molar-refractivity contribution in [3.8, 4) is 0 Å². The van der Waals surface area contributed by atoms with Gasteiger partial charge in [0.05, 0.1) is 24.7 Å². The normalized spacial score (nSPS) is 18.4. The van der Waals surface area contributed by atoms with Gasteiger partial charge in [-0.3, -0.25) is 10.1 Å². The molecule has 114 valence electrons. The zero-order valence-electron chi connectivity index (χ0n) is 11.9. The highest BCUT2D eigenvalue weighted by Crippen LogP contribution is 2.28. The molecule has 1 fully saturated rings. The monoisotopic (exact) mass is 295 g/mol. The van der Waals surface area contributed by atoms with E-state index in [4.69, 9.17) is 4.74 Å². The van der Waals surface area contributed by atoms with Gasteiger partial charge in [0.1, 0.15) is 0 Å². The number of carbonyl (C=O) groups is 1. The summed E-state index contributed by atoms with van der Waals surface area (Å²) < 4.78 is 10.2. The fraction of sp³-hybridized carbons (Fsp3) is 0.538. The quantitative estimate of drug-likeness (QED) is 0.470. The summed E-state index contributed by atoms with van der Waals surface area (Å²) in [7, 11) is 1.24. The predicted octanol–water partition coefficient (Wildman–Crippen LogP) is 1.39. The summed E-state index contributed by atoms with van der Waals surface area (Å²) in [6.45, 7) is 3.46. The molecule has 1 aromatic heterocycles. The van der Waals surface area contributed by atoms with E-state index >= 15 is 0 Å². The number of hydrogen-bond acceptors (Lipinski definition) is 7. The molecule has 0 aromatic carbocycles. The van der Waals surface area contributed by atoms with Gasteiger partial charge in [0, 0.05) is 19.2 Å². The molecule has 2 rings (SSSR count). The number of esters is 1. The van der Waals surface area contributed by atoms with Gasteiger partial charge in [0.25, 0.3) is 0 Å². The Morgan fingerprint density at radius 1 is 1.62 bits per heavy atom. The maximum absolute atomic E-state index is 11.6. The second-order valence-corrected chi connectivity index (χ2v) is 4.63. The largest absolute Gasteiger partial charge is 0.464 e. The Morgan fingerprint density at radius 2 is 2.38 bits per heavy atom. The summed E-state index contributed by atoms with van der Waals surface area (Å²) in [6.07, 6.45) is 0.808. The molecular formula is C13H17N3O5. The SMILES string of the molecule is CCC1CN(c2nc(C(=O)OC)ccc2[N+](=O)[O-])CCO1. The first-order valence-corrected chi connectivity index (χ1v) is 6.67. The lowest BCUT2D eigenvalue weighted by molar-refractivity contribution is -0.384. The lowest BCUT2D eigenvalue weighted by atomic mass is 10.2. The highest BCUT2D eigenvalue weighted by Gasteiger charge is 2.28. The van der Waals surface area contributed by atoms with Gasteiger partial charge in [-0.15, -0.1) is 0 Å². The molecule has 1 saturated heterocycles. The van der Waals surface area contributed by atoms with Crippen molar-refractivity contribution in [1.82, 2.24) is 4.98 Å². The van der Waals surface area contributed by atoms with Crippen LogP contribution in [0.1, 0.15) is 23.8 Å². The number of nitro groups is 1. The number of carbonyl (C=O) groups excluding carboxylic acids is 1. The first-order chi connectivity index (χ1) is 10.1. The molecule has 21 heavy (non-hydrogen) atoms. The minimum absolute atomic E-state index is 0.00179. The molecule has 1 atom stereocenters. The van der Waals surface area contributed by atoms with Gasteiger partial charge in [0.15, 0.2) is 5.69 Å². The second kappa shape index (κ2) is 6.49. The van der Waals surface area contributed by atoms with E-state index in [1.807, 2.05) is 6.92 Å². The lowest BCUT2D eigenvalue weighted by Gasteiger charge is -2.33. The van der Waals surface area contributed by atoms with Crippen LogP contribution in [0.2, 0.25) is 0 Å². The van der Waals surface area contributed by atoms with Gasteiger partial charge in [-0.2, -0.15) is 0 Å². The summed E-state index contributed by atoms with van der Waals surface area (Å²) in [4.78, 5) is 28.1. The summed E-state index contributed by atoms with van der Waals surface area (Å²) in [6, 6.07) is 2.58. The number of ether oxygens (including phenoxy) is 2. The highest BCUT2D eigenvalue weighted by atomic mass is 16.6. The third-order valence-electron chi connectivity index (χ3n) is 3.34. The van der Waals surface area contributed by atoms with E-state index in [0.29, 0.717) is 19.7 Å². The van der Waals surface area contributed by atoms with Crippen molar-refractivity contribution in [1.29, 1.82) is 0 Å². The summed E-state index contributed by atoms with van der Waals surface area (Å²) in [5, 5.41) is 11.2. The third kappa shape index (κ3) is 3.27. The molecule has 1 unspecified atom stereocenters. The molecule has 1 aliphatic rings. The number of aromatic nitrogens is 1. The van der Waals surface area contributed by atoms with Crippen LogP contribution in [-0.4, -0.2) is 48.8 Å². The summed E-state index contributed by atoms with van der Waals surface area (Å²) >= 11 is 0. The Kier molecular flexibility index (Phi) is 4.69. The van der Waals surface area contributed by atoms with Crippen LogP contribution in [0.5, 0.6) is 0 Å². The van der Waals surface area contributed by atoms with E-state index < -0.39 is 10.9 Å². The number of hydrogen-bond donors (Lipinski definition) is 0. The van der Waals surface area contributed by atoms with Gasteiger partial charge in [-0.05, 0) is 12.5 Å². The molecule has 0 spiro atoms. The molecular weight excluding hydrogens is 278 g/mol. The fourth-order valence-electron chi connectivity index (χ4n) is 2.19. The Morgan fingerprint density at radius 3 is 3.00 bits per heavy atom. The zero-order chi connectivity index (χ0) is 15.4. The standard InChI is InChI=1S/C13H17N3O5/c1-3-9-8-15(6-7-21-9)12-11(16(18)19)5-4-10(14-12)13(17)20-2/h4-5,9H,3,6-8H2,1-2H3. The highest BCUT2D eigenvalue weighted by molar-refractivity contribution is 5.88. The van der Waals surface area contributed by atoms with Gasteiger partial charge in [-0.25, -0.2) is 9.78 Å². The average Bonchev–Trinajstić information content (AvgIpc) is 2.53. The number of pyridine rings is 1. The second-order valence-electron chi connectivity index (χ2n) is 4.63. The number of morpholine rings is 1. The molecule has 8 heteroatoms. The van der Waals surface area contributed by atoms with Crippen molar-refractivity contribution in [2.75, 3.05) is 31.7 Å². The Bertz CT molecular complexity index is 549. The molecule has 1 aromatic rings. The maximum atomic E-state index is 11.6. The number of anilines is 1. The third-order valence-corrected chi connectivity index (χ3v) is 3.34. The van der Waals surface area contributed by atoms with Crippen molar-refractivity contribution < 1.29 is 19.2 Å². The van der Waals surface area contributed by atoms with Crippen LogP contribution >= 0.6 is 0 Å². The Balaban J connectivity index is 2.38. The molecule has 0 amide bonds. The van der Waals surface area contributed by atoms with Gasteiger partial charge < -0.3 is 14.4 Å². The van der Waals surface area contributed by atoms with E-state index in [9.17, 15) is 14.9 Å². The maximum Gasteiger partial charge on any atom is 0.356 e. The van der Waals surface area contributed by atoms with Gasteiger partial charge in [0.2, 0.25) is 5.82 Å². The zero-order valence-corrected chi connectivity index (χ0v) is 11.9. The van der Waals surface area contributed by atoms with Gasteiger partial charge >= 0.3 is 11.7 Å². The average molecular weight is 295 g/mol. The van der Waals surface area contributed by atoms with Crippen molar-refractivity contribution >= 4 is 17.5 Å². The van der Waals surface area contributed by atoms with Crippen LogP contribution in [0.4, 0.5) is 11.5 Å². The van der Waals surface area contributed by atoms with E-state index in [0.717, 1.165) is 6.42 Å². The van der Waals surface area contributed by atoms with Crippen LogP contribution in [0.25, 0.3) is 0 Å². The van der Waals surface area contributed by atoms with Crippen molar-refractivity contribution in [2.24, 2.45) is 0 Å². The molecule has 0 N–H and O–H groups in total. The molecule has 0 saturated carbocycles. The minimum Gasteiger partial charge on any atom is -0.464 e. The van der Waals surface area contributed by atoms with E-state index in [2.05, 4.69) is 9.72 Å². The smallest absolute Gasteiger partial charge is 0.356 e. The van der Waals surface area contributed by atoms with E-state index in [1.165, 1.54) is 19.2 Å². The molecule has 0 aliphatic carbocycles. The number of nitrogens with zero attached hydrogens (tertiary/aromatic N) is 3. The van der Waals surface area contributed by atoms with Crippen molar-refractivity contribution in [3.63, 3.8) is 0 Å². The van der Waals surface area contributed by atoms with Crippen molar-refractivity contribution in [3.05, 3.63) is 27.9 Å². The predicted molar refractivity (Wildman–Crippen MR) is 74.5 cm³/mol. The minimum atomic E-state index is -0.619. The first-order valence-electron chi connectivity index (χ1n) is 6.67. The van der Waals surface area contributed by atoms with Crippen LogP contribution in [-0.2, 0) is 9.47 Å². The topological polar surface area (TPSA) is 94.8 Å². The fourth-order valence-corrected chi connectivity index (χ4v) is 2.19. The first kappa shape index (κ1) is 15.2. The molecule has 2 heterocycles. The van der Waals surface area contributed by atoms with Crippen LogP contribution in [0, 0.1) is 10.1 Å². The number of rotatable bonds is 4. The number of methoxy groups -OCH3 is 1. The molecule has 1 aliphatic heterocycles. The molecule has 0 bridgehead atoms. The Labute approximate surface area is 121 Å². The van der Waals surface area contributed by atoms with Gasteiger partial charge in [-0.1, -0.05) is 6.92 Å². The van der Waals surface area contributed by atoms with E-state index in [1.54, 1.807) is 4.90 Å². The summed E-state index contributed by atoms with van der Waals surface area (Å²) in [5.41, 5.74) is -0.0722. The van der Waals surface area contributed by atoms with E-state index in [-0.39, 0.29) is 23.3 Å². The van der Waals surface area contributed by atoms with Crippen LogP contribution < -0.4 is 4.90 Å². The summed E-state index contributed by atoms with van der Waals surface area (Å²) in [5.74, 6) is -0.434. The molecule has 8 nitrogen and oxygen atoms in total.